The van der Waals surface area contributed by atoms with Crippen molar-refractivity contribution in [2.75, 3.05) is 52.6 Å². The first-order valence-electron chi connectivity index (χ1n) is 8.46. The van der Waals surface area contributed by atoms with E-state index in [0.29, 0.717) is 78.3 Å². The highest BCUT2D eigenvalue weighted by Crippen LogP contribution is 2.42. The van der Waals surface area contributed by atoms with E-state index in [9.17, 15) is 10.4 Å². The number of hydroxylamine groups is 4. The van der Waals surface area contributed by atoms with Gasteiger partial charge in [-0.3, -0.25) is 0 Å². The monoisotopic (exact) mass is 330 g/mol. The van der Waals surface area contributed by atoms with Crippen LogP contribution >= 0.6 is 0 Å². The minimum Gasteiger partial charge on any atom is -0.349 e. The Morgan fingerprint density at radius 2 is 0.870 bits per heavy atom. The van der Waals surface area contributed by atoms with Crippen LogP contribution in [0.4, 0.5) is 0 Å². The summed E-state index contributed by atoms with van der Waals surface area (Å²) in [7, 11) is 0. The van der Waals surface area contributed by atoms with E-state index in [1.165, 1.54) is 10.1 Å². The highest BCUT2D eigenvalue weighted by atomic mass is 16.7. The minimum absolute atomic E-state index is 0.247. The quantitative estimate of drug-likeness (QED) is 0.661. The number of hydrogen-bond acceptors (Lipinski definition) is 8. The van der Waals surface area contributed by atoms with E-state index in [0.717, 1.165) is 0 Å². The van der Waals surface area contributed by atoms with Gasteiger partial charge in [-0.2, -0.15) is 10.1 Å². The molecule has 4 heterocycles. The van der Waals surface area contributed by atoms with Crippen LogP contribution in [0, 0.1) is 5.41 Å². The molecule has 8 nitrogen and oxygen atoms in total. The summed E-state index contributed by atoms with van der Waals surface area (Å²) >= 11 is 0. The summed E-state index contributed by atoms with van der Waals surface area (Å²) in [4.78, 5) is 0. The first-order valence-corrected chi connectivity index (χ1v) is 8.46. The maximum absolute atomic E-state index is 9.49. The van der Waals surface area contributed by atoms with Crippen LogP contribution in [0.3, 0.4) is 0 Å². The van der Waals surface area contributed by atoms with Crippen LogP contribution < -0.4 is 0 Å². The molecule has 0 aromatic rings. The normalized spacial score (nSPS) is 34.2. The van der Waals surface area contributed by atoms with Crippen molar-refractivity contribution >= 4 is 0 Å². The number of piperidine rings is 2. The summed E-state index contributed by atoms with van der Waals surface area (Å²) in [6.07, 6.45) is 2.71. The van der Waals surface area contributed by atoms with Crippen molar-refractivity contribution in [2.24, 2.45) is 5.41 Å². The summed E-state index contributed by atoms with van der Waals surface area (Å²) in [5.74, 6) is -1.11. The zero-order valence-electron chi connectivity index (χ0n) is 13.4. The molecule has 4 saturated heterocycles. The van der Waals surface area contributed by atoms with Gasteiger partial charge in [-0.05, 0) is 0 Å². The maximum Gasteiger partial charge on any atom is 0.170 e. The summed E-state index contributed by atoms with van der Waals surface area (Å²) in [6.45, 7) is 4.51. The summed E-state index contributed by atoms with van der Waals surface area (Å²) in [5.41, 5.74) is -0.247. The molecule has 0 aromatic heterocycles. The highest BCUT2D eigenvalue weighted by Gasteiger charge is 2.51. The summed E-state index contributed by atoms with van der Waals surface area (Å²) in [6, 6.07) is 0. The Morgan fingerprint density at radius 3 is 1.17 bits per heavy atom. The van der Waals surface area contributed by atoms with Crippen molar-refractivity contribution in [3.63, 3.8) is 0 Å². The lowest BCUT2D eigenvalue weighted by atomic mass is 9.87. The van der Waals surface area contributed by atoms with Gasteiger partial charge in [0.15, 0.2) is 11.6 Å². The third-order valence-electron chi connectivity index (χ3n) is 5.57. The Hall–Kier alpha value is -0.320. The van der Waals surface area contributed by atoms with Crippen LogP contribution in [-0.4, -0.2) is 84.7 Å². The standard InChI is InChI=1S/C15H26N2O6/c18-16-5-1-14(2-6-16)20-9-13(10-21-14)11-22-15(23-12-13)3-7-17(19)8-4-15/h18-19H,1-12H2. The van der Waals surface area contributed by atoms with Gasteiger partial charge in [0, 0.05) is 51.9 Å². The predicted octanol–water partition coefficient (Wildman–Crippen LogP) is 0.429. The lowest BCUT2D eigenvalue weighted by Gasteiger charge is -2.53. The molecular formula is C15H26N2O6. The van der Waals surface area contributed by atoms with Gasteiger partial charge in [-0.1, -0.05) is 0 Å². The van der Waals surface area contributed by atoms with Gasteiger partial charge in [-0.25, -0.2) is 0 Å². The second kappa shape index (κ2) is 5.89. The van der Waals surface area contributed by atoms with E-state index in [1.54, 1.807) is 0 Å². The van der Waals surface area contributed by atoms with Crippen LogP contribution in [-0.2, 0) is 18.9 Å². The zero-order valence-corrected chi connectivity index (χ0v) is 13.4. The van der Waals surface area contributed by atoms with Gasteiger partial charge < -0.3 is 29.4 Å². The average Bonchev–Trinajstić information content (AvgIpc) is 2.59. The molecule has 4 aliphatic rings. The molecule has 0 aromatic carbocycles. The fourth-order valence-corrected chi connectivity index (χ4v) is 3.72. The number of ether oxygens (including phenoxy) is 4. The molecule has 8 heteroatoms. The van der Waals surface area contributed by atoms with Crippen molar-refractivity contribution in [2.45, 2.75) is 37.3 Å². The molecule has 0 unspecified atom stereocenters. The molecule has 4 fully saturated rings. The third kappa shape index (κ3) is 3.14. The lowest BCUT2D eigenvalue weighted by Crippen LogP contribution is -2.61. The topological polar surface area (TPSA) is 83.9 Å². The van der Waals surface area contributed by atoms with Gasteiger partial charge in [0.1, 0.15) is 0 Å². The van der Waals surface area contributed by atoms with Gasteiger partial charge in [0.25, 0.3) is 0 Å². The average molecular weight is 330 g/mol. The van der Waals surface area contributed by atoms with Crippen LogP contribution in [0.15, 0.2) is 0 Å². The van der Waals surface area contributed by atoms with E-state index in [2.05, 4.69) is 0 Å². The first-order chi connectivity index (χ1) is 11.0. The van der Waals surface area contributed by atoms with Crippen molar-refractivity contribution in [1.82, 2.24) is 10.1 Å². The molecule has 0 aliphatic carbocycles. The van der Waals surface area contributed by atoms with Crippen LogP contribution in [0.5, 0.6) is 0 Å². The molecule has 3 spiro atoms. The summed E-state index contributed by atoms with van der Waals surface area (Å²) < 4.78 is 24.3. The van der Waals surface area contributed by atoms with Gasteiger partial charge >= 0.3 is 0 Å². The molecule has 4 aliphatic heterocycles. The van der Waals surface area contributed by atoms with Gasteiger partial charge in [0.05, 0.1) is 31.8 Å². The summed E-state index contributed by atoms with van der Waals surface area (Å²) in [5, 5.41) is 21.6. The van der Waals surface area contributed by atoms with Crippen molar-refractivity contribution in [3.05, 3.63) is 0 Å². The van der Waals surface area contributed by atoms with Gasteiger partial charge in [0.2, 0.25) is 0 Å². The van der Waals surface area contributed by atoms with E-state index in [-0.39, 0.29) is 5.41 Å². The first kappa shape index (κ1) is 16.2. The molecule has 0 saturated carbocycles. The largest absolute Gasteiger partial charge is 0.349 e. The number of rotatable bonds is 0. The van der Waals surface area contributed by atoms with Crippen LogP contribution in [0.1, 0.15) is 25.7 Å². The van der Waals surface area contributed by atoms with Crippen molar-refractivity contribution in [3.8, 4) is 0 Å². The highest BCUT2D eigenvalue weighted by molar-refractivity contribution is 4.92. The van der Waals surface area contributed by atoms with Gasteiger partial charge in [-0.15, -0.1) is 0 Å². The molecule has 2 N–H and O–H groups in total. The smallest absolute Gasteiger partial charge is 0.170 e. The lowest BCUT2D eigenvalue weighted by molar-refractivity contribution is -0.384. The number of hydrogen-bond donors (Lipinski definition) is 2. The maximum atomic E-state index is 9.49. The Kier molecular flexibility index (Phi) is 4.14. The number of nitrogens with zero attached hydrogens (tertiary/aromatic N) is 2. The van der Waals surface area contributed by atoms with Crippen molar-refractivity contribution in [1.29, 1.82) is 0 Å². The third-order valence-corrected chi connectivity index (χ3v) is 5.57. The zero-order chi connectivity index (χ0) is 16.0. The SMILES string of the molecule is ON1CCC2(CC1)OCC1(CO2)COC2(CCN(O)CC2)OC1. The Balaban J connectivity index is 1.32. The van der Waals surface area contributed by atoms with E-state index >= 15 is 0 Å². The van der Waals surface area contributed by atoms with Crippen LogP contribution in [0.2, 0.25) is 0 Å². The molecular weight excluding hydrogens is 304 g/mol. The molecule has 0 bridgehead atoms. The van der Waals surface area contributed by atoms with Crippen LogP contribution in [0.25, 0.3) is 0 Å². The molecule has 23 heavy (non-hydrogen) atoms. The molecule has 0 radical (unpaired) electrons. The van der Waals surface area contributed by atoms with E-state index in [4.69, 9.17) is 18.9 Å². The Morgan fingerprint density at radius 1 is 0.565 bits per heavy atom. The Labute approximate surface area is 135 Å². The van der Waals surface area contributed by atoms with E-state index < -0.39 is 11.6 Å². The Bertz CT molecular complexity index is 368. The molecule has 0 amide bonds. The predicted molar refractivity (Wildman–Crippen MR) is 76.9 cm³/mol. The fraction of sp³-hybridized carbons (Fsp3) is 1.00. The second-order valence-electron chi connectivity index (χ2n) is 7.38. The fourth-order valence-electron chi connectivity index (χ4n) is 3.72. The van der Waals surface area contributed by atoms with E-state index in [1.807, 2.05) is 0 Å². The second-order valence-corrected chi connectivity index (χ2v) is 7.38. The molecule has 4 rings (SSSR count). The minimum atomic E-state index is -0.554. The van der Waals surface area contributed by atoms with Crippen molar-refractivity contribution < 1.29 is 29.4 Å². The molecule has 0 atom stereocenters. The molecule has 132 valence electrons.